The van der Waals surface area contributed by atoms with E-state index in [1.54, 1.807) is 11.8 Å². The Bertz CT molecular complexity index is 1600. The predicted molar refractivity (Wildman–Crippen MR) is 178 cm³/mol. The van der Waals surface area contributed by atoms with E-state index in [9.17, 15) is 14.4 Å². The number of carbonyl (C=O) groups excluding carboxylic acids is 3. The molecule has 46 heavy (non-hydrogen) atoms. The van der Waals surface area contributed by atoms with Gasteiger partial charge in [-0.15, -0.1) is 0 Å². The number of nitrogens with zero attached hydrogens (tertiary/aromatic N) is 4. The maximum Gasteiger partial charge on any atom is 0.224 e. The third-order valence-corrected chi connectivity index (χ3v) is 9.38. The molecule has 1 amide bonds. The Morgan fingerprint density at radius 2 is 1.98 bits per heavy atom. The highest BCUT2D eigenvalue weighted by atomic mass is 16.5. The first-order valence-corrected chi connectivity index (χ1v) is 16.3. The Labute approximate surface area is 271 Å². The van der Waals surface area contributed by atoms with Crippen LogP contribution in [0.2, 0.25) is 0 Å². The van der Waals surface area contributed by atoms with E-state index < -0.39 is 17.4 Å². The number of amides is 1. The van der Waals surface area contributed by atoms with Gasteiger partial charge in [-0.3, -0.25) is 4.79 Å². The van der Waals surface area contributed by atoms with Crippen molar-refractivity contribution in [3.05, 3.63) is 53.9 Å². The summed E-state index contributed by atoms with van der Waals surface area (Å²) in [5.74, 6) is 0.805. The summed E-state index contributed by atoms with van der Waals surface area (Å²) in [6.07, 6.45) is 11.9. The van der Waals surface area contributed by atoms with Crippen molar-refractivity contribution in [3.63, 3.8) is 0 Å². The summed E-state index contributed by atoms with van der Waals surface area (Å²) < 4.78 is 13.9. The van der Waals surface area contributed by atoms with Crippen molar-refractivity contribution >= 4 is 29.4 Å². The van der Waals surface area contributed by atoms with Crippen LogP contribution in [-0.4, -0.2) is 77.5 Å². The Morgan fingerprint density at radius 1 is 1.17 bits per heavy atom. The van der Waals surface area contributed by atoms with Gasteiger partial charge in [0.05, 0.1) is 24.2 Å². The van der Waals surface area contributed by atoms with E-state index in [2.05, 4.69) is 50.3 Å². The molecule has 2 aromatic heterocycles. The van der Waals surface area contributed by atoms with Gasteiger partial charge >= 0.3 is 0 Å². The average molecular weight is 630 g/mol. The molecule has 10 heteroatoms. The lowest BCUT2D eigenvalue weighted by Gasteiger charge is -2.19. The van der Waals surface area contributed by atoms with E-state index in [0.717, 1.165) is 60.5 Å². The molecule has 0 radical (unpaired) electrons. The van der Waals surface area contributed by atoms with Crippen LogP contribution in [0.25, 0.3) is 16.7 Å². The highest BCUT2D eigenvalue weighted by Gasteiger charge is 2.55. The SMILES string of the molecule is COc1ccc2c(O[C@H]3C[C@@H](C=O)[C@H](C(=O)N[C@]4(C=O)C[C@H]4/C=C\CCCCN(C)C)C3)cc(-n3ccc(C(C)C)n3)nc2c1C. The first-order valence-electron chi connectivity index (χ1n) is 16.3. The van der Waals surface area contributed by atoms with Crippen molar-refractivity contribution in [2.45, 2.75) is 76.9 Å². The molecule has 5 atom stereocenters. The quantitative estimate of drug-likeness (QED) is 0.139. The van der Waals surface area contributed by atoms with Crippen LogP contribution >= 0.6 is 0 Å². The number of fused-ring (bicyclic) bond motifs is 1. The third kappa shape index (κ3) is 7.17. The van der Waals surface area contributed by atoms with Gasteiger partial charge in [-0.05, 0) is 90.2 Å². The van der Waals surface area contributed by atoms with E-state index in [1.165, 1.54) is 0 Å². The average Bonchev–Trinajstić information content (AvgIpc) is 3.34. The molecule has 1 aromatic carbocycles. The fourth-order valence-corrected chi connectivity index (χ4v) is 6.45. The van der Waals surface area contributed by atoms with Gasteiger partial charge in [0.2, 0.25) is 5.91 Å². The highest BCUT2D eigenvalue weighted by Crippen LogP contribution is 2.44. The number of pyridine rings is 1. The smallest absolute Gasteiger partial charge is 0.224 e. The van der Waals surface area contributed by atoms with E-state index in [0.29, 0.717) is 36.6 Å². The molecule has 2 fully saturated rings. The minimum absolute atomic E-state index is 0.0220. The minimum atomic E-state index is -0.894. The zero-order valence-electron chi connectivity index (χ0n) is 27.9. The molecule has 5 rings (SSSR count). The molecule has 2 saturated carbocycles. The predicted octanol–water partition coefficient (Wildman–Crippen LogP) is 5.20. The normalized spacial score (nSPS) is 24.2. The van der Waals surface area contributed by atoms with Crippen molar-refractivity contribution in [2.24, 2.45) is 17.8 Å². The molecular weight excluding hydrogens is 582 g/mol. The second-order valence-corrected chi connectivity index (χ2v) is 13.4. The number of ether oxygens (including phenoxy) is 2. The van der Waals surface area contributed by atoms with Gasteiger partial charge in [-0.2, -0.15) is 5.10 Å². The standard InChI is InChI=1S/C36H47N5O5/c1-23(2)30-14-16-41(39-30)33-19-32(28-12-13-31(45-6)24(3)34(28)37-33)46-27-17-25(21-42)29(18-27)35(44)38-36(22-43)20-26(36)11-9-7-8-10-15-40(4)5/h9,11-14,16,19,21-23,25-27,29H,7-8,10,15,17-18,20H2,1-6H3,(H,38,44)/b11-9-/t25-,26+,27-,29+,36-/m0/s1. The van der Waals surface area contributed by atoms with Crippen molar-refractivity contribution in [1.82, 2.24) is 25.0 Å². The monoisotopic (exact) mass is 629 g/mol. The fraction of sp³-hybridized carbons (Fsp3) is 0.528. The van der Waals surface area contributed by atoms with Crippen LogP contribution in [0, 0.1) is 24.7 Å². The molecular formula is C36H47N5O5. The molecule has 0 saturated heterocycles. The summed E-state index contributed by atoms with van der Waals surface area (Å²) in [4.78, 5) is 44.9. The number of nitrogens with one attached hydrogen (secondary N) is 1. The number of rotatable bonds is 15. The largest absolute Gasteiger partial charge is 0.496 e. The number of benzene rings is 1. The first kappa shape index (κ1) is 33.3. The van der Waals surface area contributed by atoms with E-state index in [-0.39, 0.29) is 23.8 Å². The van der Waals surface area contributed by atoms with Gasteiger partial charge in [-0.25, -0.2) is 9.67 Å². The summed E-state index contributed by atoms with van der Waals surface area (Å²) in [6, 6.07) is 7.64. The van der Waals surface area contributed by atoms with Gasteiger partial charge in [0, 0.05) is 35.0 Å². The van der Waals surface area contributed by atoms with Crippen molar-refractivity contribution in [1.29, 1.82) is 0 Å². The van der Waals surface area contributed by atoms with Crippen molar-refractivity contribution in [2.75, 3.05) is 27.7 Å². The molecule has 2 aliphatic carbocycles. The van der Waals surface area contributed by atoms with Crippen LogP contribution in [0.5, 0.6) is 11.5 Å². The Hall–Kier alpha value is -4.05. The first-order chi connectivity index (χ1) is 22.1. The molecule has 1 N–H and O–H groups in total. The zero-order valence-corrected chi connectivity index (χ0v) is 27.9. The van der Waals surface area contributed by atoms with Crippen LogP contribution in [-0.2, 0) is 14.4 Å². The summed E-state index contributed by atoms with van der Waals surface area (Å²) in [5.41, 5.74) is 1.66. The number of hydrogen-bond acceptors (Lipinski definition) is 8. The Balaban J connectivity index is 1.31. The number of unbranched alkanes of at least 4 members (excludes halogenated alkanes) is 2. The minimum Gasteiger partial charge on any atom is -0.496 e. The molecule has 2 heterocycles. The molecule has 246 valence electrons. The summed E-state index contributed by atoms with van der Waals surface area (Å²) >= 11 is 0. The number of carbonyl (C=O) groups is 3. The maximum absolute atomic E-state index is 13.5. The summed E-state index contributed by atoms with van der Waals surface area (Å²) in [7, 11) is 5.76. The fourth-order valence-electron chi connectivity index (χ4n) is 6.45. The number of hydrogen-bond donors (Lipinski definition) is 1. The number of aryl methyl sites for hydroxylation is 1. The number of allylic oxidation sites excluding steroid dienone is 1. The van der Waals surface area contributed by atoms with Crippen LogP contribution in [0.1, 0.15) is 69.5 Å². The van der Waals surface area contributed by atoms with Crippen molar-refractivity contribution in [3.8, 4) is 17.3 Å². The molecule has 3 aromatic rings. The van der Waals surface area contributed by atoms with Gasteiger partial charge in [0.1, 0.15) is 35.7 Å². The third-order valence-electron chi connectivity index (χ3n) is 9.38. The lowest BCUT2D eigenvalue weighted by Crippen LogP contribution is -2.44. The second-order valence-electron chi connectivity index (χ2n) is 13.4. The topological polar surface area (TPSA) is 116 Å². The van der Waals surface area contributed by atoms with E-state index in [1.807, 2.05) is 37.4 Å². The number of methoxy groups -OCH3 is 1. The lowest BCUT2D eigenvalue weighted by atomic mass is 9.96. The molecule has 2 aliphatic rings. The number of aromatic nitrogens is 3. The lowest BCUT2D eigenvalue weighted by molar-refractivity contribution is -0.131. The van der Waals surface area contributed by atoms with Crippen LogP contribution in [0.3, 0.4) is 0 Å². The summed E-state index contributed by atoms with van der Waals surface area (Å²) in [5, 5.41) is 8.53. The highest BCUT2D eigenvalue weighted by molar-refractivity contribution is 5.90. The van der Waals surface area contributed by atoms with Crippen LogP contribution < -0.4 is 14.8 Å². The zero-order chi connectivity index (χ0) is 33.0. The van der Waals surface area contributed by atoms with Gasteiger partial charge in [-0.1, -0.05) is 26.0 Å². The maximum atomic E-state index is 13.5. The van der Waals surface area contributed by atoms with Gasteiger partial charge in [0.15, 0.2) is 5.82 Å². The van der Waals surface area contributed by atoms with Gasteiger partial charge < -0.3 is 29.3 Å². The number of aldehydes is 2. The Kier molecular flexibility index (Phi) is 10.3. The van der Waals surface area contributed by atoms with E-state index in [4.69, 9.17) is 19.6 Å². The van der Waals surface area contributed by atoms with E-state index >= 15 is 0 Å². The Morgan fingerprint density at radius 3 is 2.65 bits per heavy atom. The molecule has 0 aliphatic heterocycles. The molecule has 0 unspecified atom stereocenters. The van der Waals surface area contributed by atoms with Gasteiger partial charge in [0.25, 0.3) is 0 Å². The van der Waals surface area contributed by atoms with Crippen molar-refractivity contribution < 1.29 is 23.9 Å². The molecule has 0 bridgehead atoms. The second kappa shape index (κ2) is 14.2. The summed E-state index contributed by atoms with van der Waals surface area (Å²) in [6.45, 7) is 7.18. The van der Waals surface area contributed by atoms with Crippen LogP contribution in [0.4, 0.5) is 0 Å². The van der Waals surface area contributed by atoms with Crippen LogP contribution in [0.15, 0.2) is 42.6 Å². The molecule has 0 spiro atoms. The molecule has 10 nitrogen and oxygen atoms in total.